The molecule has 0 saturated heterocycles. The zero-order chi connectivity index (χ0) is 12.9. The standard InChI is InChI=1S/C16H19N3/c1-4-9-15(16-17-10-5-11-18-16)13(6-1)12-19-14-7-2-3-8-14/h1,4-6,9-11,14,19H,2-3,7-8,12H2. The van der Waals surface area contributed by atoms with Crippen molar-refractivity contribution in [2.75, 3.05) is 0 Å². The molecule has 1 aromatic carbocycles. The van der Waals surface area contributed by atoms with Crippen molar-refractivity contribution in [2.24, 2.45) is 0 Å². The third-order valence-electron chi connectivity index (χ3n) is 3.76. The van der Waals surface area contributed by atoms with E-state index in [2.05, 4.69) is 33.5 Å². The highest BCUT2D eigenvalue weighted by atomic mass is 14.9. The summed E-state index contributed by atoms with van der Waals surface area (Å²) in [7, 11) is 0. The van der Waals surface area contributed by atoms with Crippen molar-refractivity contribution >= 4 is 0 Å². The predicted octanol–water partition coefficient (Wildman–Crippen LogP) is 3.18. The van der Waals surface area contributed by atoms with Crippen LogP contribution in [0, 0.1) is 0 Å². The Morgan fingerprint density at radius 2 is 1.74 bits per heavy atom. The van der Waals surface area contributed by atoms with E-state index in [0.29, 0.717) is 6.04 Å². The van der Waals surface area contributed by atoms with Crippen LogP contribution in [0.4, 0.5) is 0 Å². The molecule has 1 aliphatic rings. The molecule has 19 heavy (non-hydrogen) atoms. The second kappa shape index (κ2) is 5.93. The Morgan fingerprint density at radius 1 is 1.00 bits per heavy atom. The number of aromatic nitrogens is 2. The molecule has 98 valence electrons. The van der Waals surface area contributed by atoms with Gasteiger partial charge in [-0.25, -0.2) is 9.97 Å². The molecule has 3 heteroatoms. The number of hydrogen-bond donors (Lipinski definition) is 1. The second-order valence-corrected chi connectivity index (χ2v) is 5.09. The van der Waals surface area contributed by atoms with E-state index in [9.17, 15) is 0 Å². The molecule has 0 unspecified atom stereocenters. The summed E-state index contributed by atoms with van der Waals surface area (Å²) in [5.41, 5.74) is 2.41. The average Bonchev–Trinajstić information content (AvgIpc) is 3.00. The van der Waals surface area contributed by atoms with Crippen LogP contribution in [-0.2, 0) is 6.54 Å². The smallest absolute Gasteiger partial charge is 0.159 e. The Hall–Kier alpha value is -1.74. The number of nitrogens with one attached hydrogen (secondary N) is 1. The minimum absolute atomic E-state index is 0.685. The molecule has 0 radical (unpaired) electrons. The zero-order valence-corrected chi connectivity index (χ0v) is 11.0. The summed E-state index contributed by atoms with van der Waals surface area (Å²) in [6.07, 6.45) is 8.93. The minimum Gasteiger partial charge on any atom is -0.310 e. The van der Waals surface area contributed by atoms with Gasteiger partial charge in [-0.05, 0) is 24.5 Å². The van der Waals surface area contributed by atoms with Crippen LogP contribution >= 0.6 is 0 Å². The van der Waals surface area contributed by atoms with Crippen molar-refractivity contribution in [3.63, 3.8) is 0 Å². The van der Waals surface area contributed by atoms with Gasteiger partial charge < -0.3 is 5.32 Å². The van der Waals surface area contributed by atoms with Gasteiger partial charge in [0.1, 0.15) is 0 Å². The number of hydrogen-bond acceptors (Lipinski definition) is 3. The molecule has 1 heterocycles. The predicted molar refractivity (Wildman–Crippen MR) is 76.6 cm³/mol. The molecule has 0 atom stereocenters. The van der Waals surface area contributed by atoms with Crippen LogP contribution in [0.3, 0.4) is 0 Å². The fourth-order valence-corrected chi connectivity index (χ4v) is 2.72. The van der Waals surface area contributed by atoms with Gasteiger partial charge in [0.2, 0.25) is 0 Å². The van der Waals surface area contributed by atoms with Gasteiger partial charge in [0.25, 0.3) is 0 Å². The summed E-state index contributed by atoms with van der Waals surface area (Å²) >= 11 is 0. The van der Waals surface area contributed by atoms with E-state index < -0.39 is 0 Å². The summed E-state index contributed by atoms with van der Waals surface area (Å²) in [5.74, 6) is 0.811. The fraction of sp³-hybridized carbons (Fsp3) is 0.375. The Balaban J connectivity index is 1.77. The van der Waals surface area contributed by atoms with E-state index in [4.69, 9.17) is 0 Å². The molecule has 1 aromatic heterocycles. The monoisotopic (exact) mass is 253 g/mol. The highest BCUT2D eigenvalue weighted by Crippen LogP contribution is 2.22. The van der Waals surface area contributed by atoms with Crippen LogP contribution in [0.2, 0.25) is 0 Å². The van der Waals surface area contributed by atoms with E-state index >= 15 is 0 Å². The van der Waals surface area contributed by atoms with E-state index in [0.717, 1.165) is 17.9 Å². The lowest BCUT2D eigenvalue weighted by molar-refractivity contribution is 0.524. The summed E-state index contributed by atoms with van der Waals surface area (Å²) in [6.45, 7) is 0.902. The SMILES string of the molecule is c1cnc(-c2ccccc2CNC2CCCC2)nc1. The van der Waals surface area contributed by atoms with Crippen molar-refractivity contribution in [2.45, 2.75) is 38.3 Å². The first-order valence-corrected chi connectivity index (χ1v) is 7.02. The quantitative estimate of drug-likeness (QED) is 0.909. The molecule has 3 rings (SSSR count). The molecule has 1 aliphatic carbocycles. The van der Waals surface area contributed by atoms with E-state index in [-0.39, 0.29) is 0 Å². The Morgan fingerprint density at radius 3 is 2.53 bits per heavy atom. The maximum atomic E-state index is 4.35. The van der Waals surface area contributed by atoms with Crippen molar-refractivity contribution in [3.8, 4) is 11.4 Å². The molecule has 1 saturated carbocycles. The maximum absolute atomic E-state index is 4.35. The molecule has 1 fully saturated rings. The van der Waals surface area contributed by atoms with Crippen LogP contribution in [0.25, 0.3) is 11.4 Å². The molecule has 0 bridgehead atoms. The van der Waals surface area contributed by atoms with E-state index in [1.807, 2.05) is 12.1 Å². The molecule has 1 N–H and O–H groups in total. The number of nitrogens with zero attached hydrogens (tertiary/aromatic N) is 2. The Labute approximate surface area is 114 Å². The summed E-state index contributed by atoms with van der Waals surface area (Å²) in [5, 5.41) is 3.65. The van der Waals surface area contributed by atoms with Crippen LogP contribution in [0.5, 0.6) is 0 Å². The first-order chi connectivity index (χ1) is 9.43. The fourth-order valence-electron chi connectivity index (χ4n) is 2.72. The molecule has 0 aliphatic heterocycles. The van der Waals surface area contributed by atoms with Gasteiger partial charge >= 0.3 is 0 Å². The van der Waals surface area contributed by atoms with Gasteiger partial charge in [0, 0.05) is 30.5 Å². The lowest BCUT2D eigenvalue weighted by Gasteiger charge is -2.14. The first kappa shape index (κ1) is 12.3. The van der Waals surface area contributed by atoms with Crippen molar-refractivity contribution in [1.82, 2.24) is 15.3 Å². The average molecular weight is 253 g/mol. The van der Waals surface area contributed by atoms with Gasteiger partial charge in [-0.2, -0.15) is 0 Å². The van der Waals surface area contributed by atoms with Crippen molar-refractivity contribution < 1.29 is 0 Å². The summed E-state index contributed by atoms with van der Waals surface area (Å²) in [4.78, 5) is 8.70. The van der Waals surface area contributed by atoms with E-state index in [1.165, 1.54) is 31.2 Å². The largest absolute Gasteiger partial charge is 0.310 e. The topological polar surface area (TPSA) is 37.8 Å². The number of rotatable bonds is 4. The summed E-state index contributed by atoms with van der Waals surface area (Å²) < 4.78 is 0. The van der Waals surface area contributed by atoms with Crippen LogP contribution < -0.4 is 5.32 Å². The third-order valence-corrected chi connectivity index (χ3v) is 3.76. The molecule has 2 aromatic rings. The highest BCUT2D eigenvalue weighted by Gasteiger charge is 2.15. The van der Waals surface area contributed by atoms with Crippen LogP contribution in [0.15, 0.2) is 42.7 Å². The minimum atomic E-state index is 0.685. The lowest BCUT2D eigenvalue weighted by Crippen LogP contribution is -2.25. The molecule has 3 nitrogen and oxygen atoms in total. The molecule has 0 amide bonds. The Bertz CT molecular complexity index is 519. The summed E-state index contributed by atoms with van der Waals surface area (Å²) in [6, 6.07) is 10.9. The van der Waals surface area contributed by atoms with Crippen LogP contribution in [-0.4, -0.2) is 16.0 Å². The van der Waals surface area contributed by atoms with Gasteiger partial charge in [-0.1, -0.05) is 37.1 Å². The first-order valence-electron chi connectivity index (χ1n) is 7.02. The van der Waals surface area contributed by atoms with Crippen molar-refractivity contribution in [3.05, 3.63) is 48.3 Å². The van der Waals surface area contributed by atoms with Gasteiger partial charge in [0.05, 0.1) is 0 Å². The number of benzene rings is 1. The molecule has 0 spiro atoms. The molecular formula is C16H19N3. The zero-order valence-electron chi connectivity index (χ0n) is 11.0. The lowest BCUT2D eigenvalue weighted by atomic mass is 10.1. The van der Waals surface area contributed by atoms with Gasteiger partial charge in [0.15, 0.2) is 5.82 Å². The van der Waals surface area contributed by atoms with Gasteiger partial charge in [-0.15, -0.1) is 0 Å². The second-order valence-electron chi connectivity index (χ2n) is 5.09. The molecular weight excluding hydrogens is 234 g/mol. The Kier molecular flexibility index (Phi) is 3.84. The third kappa shape index (κ3) is 2.99. The highest BCUT2D eigenvalue weighted by molar-refractivity contribution is 5.59. The normalized spacial score (nSPS) is 15.8. The van der Waals surface area contributed by atoms with Crippen molar-refractivity contribution in [1.29, 1.82) is 0 Å². The maximum Gasteiger partial charge on any atom is 0.159 e. The van der Waals surface area contributed by atoms with E-state index in [1.54, 1.807) is 12.4 Å². The van der Waals surface area contributed by atoms with Gasteiger partial charge in [-0.3, -0.25) is 0 Å². The van der Waals surface area contributed by atoms with Crippen LogP contribution in [0.1, 0.15) is 31.2 Å².